The summed E-state index contributed by atoms with van der Waals surface area (Å²) in [6.07, 6.45) is 1.02. The van der Waals surface area contributed by atoms with E-state index in [1.54, 1.807) is 6.92 Å². The van der Waals surface area contributed by atoms with Crippen molar-refractivity contribution in [2.45, 2.75) is 85.4 Å². The van der Waals surface area contributed by atoms with Crippen molar-refractivity contribution in [1.29, 1.82) is 0 Å². The highest BCUT2D eigenvalue weighted by Crippen LogP contribution is 2.42. The molecule has 5 atom stereocenters. The molecule has 1 rings (SSSR count). The Bertz CT molecular complexity index is 524. The van der Waals surface area contributed by atoms with E-state index in [-0.39, 0.29) is 6.42 Å². The van der Waals surface area contributed by atoms with E-state index in [4.69, 9.17) is 0 Å². The van der Waals surface area contributed by atoms with Crippen LogP contribution in [-0.2, 0) is 14.4 Å². The minimum absolute atomic E-state index is 0.232. The van der Waals surface area contributed by atoms with Crippen LogP contribution in [-0.4, -0.2) is 39.3 Å². The SMILES string of the molecule is CCC(C)C(=O)C1C(=O)[C@@H](CCC(C)C)[C@@](O)([C@H](O)CCC(C)C)C1=O. The molecular weight excluding hydrogens is 332 g/mol. The van der Waals surface area contributed by atoms with Gasteiger partial charge in [0.2, 0.25) is 0 Å². The normalized spacial score (nSPS) is 28.8. The molecule has 26 heavy (non-hydrogen) atoms. The molecule has 0 aromatic carbocycles. The summed E-state index contributed by atoms with van der Waals surface area (Å²) in [5.41, 5.74) is -2.14. The molecule has 1 saturated carbocycles. The van der Waals surface area contributed by atoms with E-state index in [1.165, 1.54) is 0 Å². The van der Waals surface area contributed by atoms with E-state index in [1.807, 2.05) is 34.6 Å². The Morgan fingerprint density at radius 1 is 1.04 bits per heavy atom. The summed E-state index contributed by atoms with van der Waals surface area (Å²) < 4.78 is 0. The van der Waals surface area contributed by atoms with Gasteiger partial charge in [-0.1, -0.05) is 48.0 Å². The van der Waals surface area contributed by atoms with Crippen molar-refractivity contribution >= 4 is 17.3 Å². The molecule has 0 saturated heterocycles. The molecule has 1 aliphatic rings. The average Bonchev–Trinajstić information content (AvgIpc) is 2.76. The molecule has 0 aliphatic heterocycles. The molecule has 0 bridgehead atoms. The predicted octanol–water partition coefficient (Wildman–Crippen LogP) is 2.95. The van der Waals surface area contributed by atoms with Gasteiger partial charge in [-0.05, 0) is 37.5 Å². The second-order valence-electron chi connectivity index (χ2n) is 8.75. The molecule has 0 aromatic heterocycles. The van der Waals surface area contributed by atoms with Gasteiger partial charge in [0.25, 0.3) is 0 Å². The van der Waals surface area contributed by atoms with Gasteiger partial charge in [0.05, 0.1) is 12.0 Å². The van der Waals surface area contributed by atoms with Crippen LogP contribution in [0.5, 0.6) is 0 Å². The maximum absolute atomic E-state index is 13.0. The smallest absolute Gasteiger partial charge is 0.185 e. The molecule has 1 aliphatic carbocycles. The van der Waals surface area contributed by atoms with Crippen molar-refractivity contribution in [1.82, 2.24) is 0 Å². The highest BCUT2D eigenvalue weighted by atomic mass is 16.4. The van der Waals surface area contributed by atoms with Gasteiger partial charge in [0.1, 0.15) is 5.92 Å². The molecule has 2 unspecified atom stereocenters. The number of ketones is 3. The van der Waals surface area contributed by atoms with Crippen molar-refractivity contribution in [3.05, 3.63) is 0 Å². The topological polar surface area (TPSA) is 91.7 Å². The molecule has 150 valence electrons. The van der Waals surface area contributed by atoms with Crippen molar-refractivity contribution < 1.29 is 24.6 Å². The van der Waals surface area contributed by atoms with Gasteiger partial charge in [0, 0.05) is 5.92 Å². The second kappa shape index (κ2) is 9.23. The number of hydrogen-bond donors (Lipinski definition) is 2. The maximum Gasteiger partial charge on any atom is 0.185 e. The first-order valence-corrected chi connectivity index (χ1v) is 10.0. The Morgan fingerprint density at radius 3 is 2.04 bits per heavy atom. The number of hydrogen-bond acceptors (Lipinski definition) is 5. The molecular formula is C21H36O5. The molecule has 5 nitrogen and oxygen atoms in total. The lowest BCUT2D eigenvalue weighted by molar-refractivity contribution is -0.158. The molecule has 0 amide bonds. The lowest BCUT2D eigenvalue weighted by atomic mass is 9.78. The zero-order valence-corrected chi connectivity index (χ0v) is 17.1. The van der Waals surface area contributed by atoms with Crippen LogP contribution in [0.25, 0.3) is 0 Å². The van der Waals surface area contributed by atoms with Gasteiger partial charge < -0.3 is 10.2 Å². The predicted molar refractivity (Wildman–Crippen MR) is 101 cm³/mol. The van der Waals surface area contributed by atoms with E-state index in [0.29, 0.717) is 37.5 Å². The molecule has 1 fully saturated rings. The van der Waals surface area contributed by atoms with Gasteiger partial charge >= 0.3 is 0 Å². The van der Waals surface area contributed by atoms with Crippen molar-refractivity contribution in [2.24, 2.45) is 29.6 Å². The summed E-state index contributed by atoms with van der Waals surface area (Å²) in [5.74, 6) is -3.99. The van der Waals surface area contributed by atoms with Crippen molar-refractivity contribution in [2.75, 3.05) is 0 Å². The van der Waals surface area contributed by atoms with Crippen LogP contribution in [0.15, 0.2) is 0 Å². The monoisotopic (exact) mass is 368 g/mol. The van der Waals surface area contributed by atoms with Gasteiger partial charge in [-0.3, -0.25) is 14.4 Å². The van der Waals surface area contributed by atoms with E-state index in [9.17, 15) is 24.6 Å². The van der Waals surface area contributed by atoms with E-state index in [2.05, 4.69) is 0 Å². The highest BCUT2D eigenvalue weighted by molar-refractivity contribution is 6.27. The number of carbonyl (C=O) groups excluding carboxylic acids is 3. The van der Waals surface area contributed by atoms with Crippen LogP contribution in [0.3, 0.4) is 0 Å². The summed E-state index contributed by atoms with van der Waals surface area (Å²) in [6.45, 7) is 11.5. The lowest BCUT2D eigenvalue weighted by Crippen LogP contribution is -2.53. The van der Waals surface area contributed by atoms with E-state index < -0.39 is 46.8 Å². The molecule has 0 radical (unpaired) electrons. The first-order chi connectivity index (χ1) is 12.0. The largest absolute Gasteiger partial charge is 0.390 e. The second-order valence-corrected chi connectivity index (χ2v) is 8.75. The molecule has 0 heterocycles. The number of Topliss-reactive ketones (excluding diaryl/α,β-unsaturated/α-hetero) is 3. The minimum Gasteiger partial charge on any atom is -0.390 e. The highest BCUT2D eigenvalue weighted by Gasteiger charge is 2.64. The fourth-order valence-corrected chi connectivity index (χ4v) is 3.68. The number of aliphatic hydroxyl groups is 2. The fourth-order valence-electron chi connectivity index (χ4n) is 3.68. The Morgan fingerprint density at radius 2 is 1.58 bits per heavy atom. The number of carbonyl (C=O) groups is 3. The first-order valence-electron chi connectivity index (χ1n) is 10.0. The van der Waals surface area contributed by atoms with Gasteiger partial charge in [-0.15, -0.1) is 0 Å². The quantitative estimate of drug-likeness (QED) is 0.579. The standard InChI is InChI=1S/C21H36O5/c1-7-14(6)18(23)17-19(24)15(10-8-12(2)3)21(26,20(17)25)16(22)11-9-13(4)5/h12-17,22,26H,7-11H2,1-6H3/t14?,15-,16-,17?,21-/m1/s1. The lowest BCUT2D eigenvalue weighted by Gasteiger charge is -2.33. The Balaban J connectivity index is 3.21. The number of rotatable bonds is 10. The third kappa shape index (κ3) is 4.61. The van der Waals surface area contributed by atoms with E-state index >= 15 is 0 Å². The Kier molecular flexibility index (Phi) is 8.15. The zero-order chi connectivity index (χ0) is 20.2. The fraction of sp³-hybridized carbons (Fsp3) is 0.857. The van der Waals surface area contributed by atoms with Crippen molar-refractivity contribution in [3.8, 4) is 0 Å². The molecule has 0 aromatic rings. The van der Waals surface area contributed by atoms with Crippen LogP contribution >= 0.6 is 0 Å². The van der Waals surface area contributed by atoms with Gasteiger partial charge in [-0.2, -0.15) is 0 Å². The zero-order valence-electron chi connectivity index (χ0n) is 17.1. The summed E-state index contributed by atoms with van der Waals surface area (Å²) in [5, 5.41) is 21.8. The summed E-state index contributed by atoms with van der Waals surface area (Å²) in [7, 11) is 0. The summed E-state index contributed by atoms with van der Waals surface area (Å²) >= 11 is 0. The Hall–Kier alpha value is -1.07. The third-order valence-electron chi connectivity index (χ3n) is 5.76. The van der Waals surface area contributed by atoms with Crippen LogP contribution in [0.4, 0.5) is 0 Å². The first kappa shape index (κ1) is 23.0. The van der Waals surface area contributed by atoms with Crippen LogP contribution in [0.2, 0.25) is 0 Å². The van der Waals surface area contributed by atoms with Crippen LogP contribution in [0.1, 0.15) is 73.6 Å². The summed E-state index contributed by atoms with van der Waals surface area (Å²) in [4.78, 5) is 38.5. The molecule has 0 spiro atoms. The summed E-state index contributed by atoms with van der Waals surface area (Å²) in [6, 6.07) is 0. The molecule has 2 N–H and O–H groups in total. The van der Waals surface area contributed by atoms with Crippen molar-refractivity contribution in [3.63, 3.8) is 0 Å². The van der Waals surface area contributed by atoms with Gasteiger partial charge in [0.15, 0.2) is 23.0 Å². The van der Waals surface area contributed by atoms with Crippen LogP contribution in [0, 0.1) is 29.6 Å². The van der Waals surface area contributed by atoms with E-state index in [0.717, 1.165) is 0 Å². The van der Waals surface area contributed by atoms with Gasteiger partial charge in [-0.25, -0.2) is 0 Å². The minimum atomic E-state index is -2.14. The number of aliphatic hydroxyl groups excluding tert-OH is 1. The van der Waals surface area contributed by atoms with Crippen LogP contribution < -0.4 is 0 Å². The third-order valence-corrected chi connectivity index (χ3v) is 5.76. The maximum atomic E-state index is 13.0. The Labute approximate surface area is 157 Å². The molecule has 5 heteroatoms. The average molecular weight is 369 g/mol.